The summed E-state index contributed by atoms with van der Waals surface area (Å²) in [5.41, 5.74) is 4.78. The molecule has 1 saturated heterocycles. The van der Waals surface area contributed by atoms with Crippen molar-refractivity contribution in [1.82, 2.24) is 25.0 Å². The van der Waals surface area contributed by atoms with Gasteiger partial charge < -0.3 is 20.7 Å². The standard InChI is InChI=1S/C27H27FN6O2/c1-16-9-18(4-5-20(16)26(35)33-19-11-27(12-19)14-29-15-27)32-24-25-31-13-22(34(25)8-7-30-24)17-3-6-23(36-2)21(28)10-17/h3-10,13,19,29H,11-12,14-15H2,1-2H3,(H,30,32)(H,33,35). The zero-order valence-corrected chi connectivity index (χ0v) is 20.1. The fourth-order valence-corrected chi connectivity index (χ4v) is 5.30. The van der Waals surface area contributed by atoms with Gasteiger partial charge in [0.2, 0.25) is 0 Å². The van der Waals surface area contributed by atoms with Crippen molar-refractivity contribution in [3.05, 3.63) is 71.9 Å². The molecule has 1 spiro atoms. The van der Waals surface area contributed by atoms with Crippen LogP contribution in [0.1, 0.15) is 28.8 Å². The molecule has 2 fully saturated rings. The second-order valence-corrected chi connectivity index (χ2v) is 9.80. The molecule has 9 heteroatoms. The highest BCUT2D eigenvalue weighted by Crippen LogP contribution is 2.44. The SMILES string of the molecule is COc1ccc(-c2cnc3c(Nc4ccc(C(=O)NC5CC6(CNC6)C5)c(C)c4)nccn23)cc1F. The molecule has 1 aliphatic carbocycles. The zero-order valence-electron chi connectivity index (χ0n) is 20.1. The van der Waals surface area contributed by atoms with Crippen LogP contribution in [0.5, 0.6) is 5.75 Å². The highest BCUT2D eigenvalue weighted by atomic mass is 19.1. The Morgan fingerprint density at radius 3 is 2.72 bits per heavy atom. The first-order valence-electron chi connectivity index (χ1n) is 12.0. The number of nitrogens with zero attached hydrogens (tertiary/aromatic N) is 3. The van der Waals surface area contributed by atoms with Gasteiger partial charge in [-0.2, -0.15) is 0 Å². The van der Waals surface area contributed by atoms with Crippen LogP contribution in [0.4, 0.5) is 15.9 Å². The third-order valence-electron chi connectivity index (χ3n) is 7.30. The van der Waals surface area contributed by atoms with Gasteiger partial charge in [0.05, 0.1) is 19.0 Å². The van der Waals surface area contributed by atoms with E-state index in [1.54, 1.807) is 30.7 Å². The van der Waals surface area contributed by atoms with E-state index in [9.17, 15) is 9.18 Å². The van der Waals surface area contributed by atoms with E-state index in [2.05, 4.69) is 25.9 Å². The average Bonchev–Trinajstić information content (AvgIpc) is 3.25. The van der Waals surface area contributed by atoms with Crippen molar-refractivity contribution in [2.75, 3.05) is 25.5 Å². The number of methoxy groups -OCH3 is 1. The van der Waals surface area contributed by atoms with Crippen LogP contribution in [0.3, 0.4) is 0 Å². The first kappa shape index (κ1) is 22.5. The third-order valence-corrected chi connectivity index (χ3v) is 7.30. The highest BCUT2D eigenvalue weighted by Gasteiger charge is 2.48. The zero-order chi connectivity index (χ0) is 24.9. The lowest BCUT2D eigenvalue weighted by atomic mass is 9.61. The number of amides is 1. The summed E-state index contributed by atoms with van der Waals surface area (Å²) in [5, 5.41) is 9.80. The van der Waals surface area contributed by atoms with Gasteiger partial charge in [-0.1, -0.05) is 0 Å². The molecule has 6 rings (SSSR count). The largest absolute Gasteiger partial charge is 0.494 e. The maximum atomic E-state index is 14.3. The molecule has 0 bridgehead atoms. The van der Waals surface area contributed by atoms with E-state index in [0.29, 0.717) is 28.0 Å². The minimum atomic E-state index is -0.436. The number of imidazole rings is 1. The Balaban J connectivity index is 1.20. The molecule has 1 aliphatic heterocycles. The molecule has 2 aliphatic rings. The van der Waals surface area contributed by atoms with E-state index < -0.39 is 5.82 Å². The number of aryl methyl sites for hydroxylation is 1. The monoisotopic (exact) mass is 486 g/mol. The van der Waals surface area contributed by atoms with Crippen molar-refractivity contribution < 1.29 is 13.9 Å². The number of aromatic nitrogens is 3. The Morgan fingerprint density at radius 1 is 1.19 bits per heavy atom. The Morgan fingerprint density at radius 2 is 2.03 bits per heavy atom. The second-order valence-electron chi connectivity index (χ2n) is 9.80. The van der Waals surface area contributed by atoms with Crippen molar-refractivity contribution in [2.45, 2.75) is 25.8 Å². The summed E-state index contributed by atoms with van der Waals surface area (Å²) in [6, 6.07) is 10.7. The number of rotatable bonds is 6. The van der Waals surface area contributed by atoms with E-state index in [1.165, 1.54) is 13.2 Å². The lowest BCUT2D eigenvalue weighted by molar-refractivity contribution is 0.0232. The molecular formula is C27H27FN6O2. The number of halogens is 1. The predicted octanol–water partition coefficient (Wildman–Crippen LogP) is 4.08. The number of carbonyl (C=O) groups excluding carboxylic acids is 1. The number of benzene rings is 2. The van der Waals surface area contributed by atoms with Gasteiger partial charge in [0, 0.05) is 48.3 Å². The van der Waals surface area contributed by atoms with E-state index >= 15 is 0 Å². The van der Waals surface area contributed by atoms with E-state index in [4.69, 9.17) is 4.74 Å². The predicted molar refractivity (Wildman–Crippen MR) is 135 cm³/mol. The highest BCUT2D eigenvalue weighted by molar-refractivity contribution is 5.96. The lowest BCUT2D eigenvalue weighted by Gasteiger charge is -2.54. The second kappa shape index (κ2) is 8.60. The van der Waals surface area contributed by atoms with Gasteiger partial charge in [0.1, 0.15) is 0 Å². The van der Waals surface area contributed by atoms with Crippen molar-refractivity contribution in [2.24, 2.45) is 5.41 Å². The van der Waals surface area contributed by atoms with E-state index in [1.807, 2.05) is 29.5 Å². The normalized spacial score (nSPS) is 16.4. The number of nitrogens with one attached hydrogen (secondary N) is 3. The number of ether oxygens (including phenoxy) is 1. The maximum absolute atomic E-state index is 14.3. The van der Waals surface area contributed by atoms with Gasteiger partial charge in [-0.3, -0.25) is 9.20 Å². The van der Waals surface area contributed by atoms with Crippen molar-refractivity contribution in [3.8, 4) is 17.0 Å². The molecule has 3 heterocycles. The first-order valence-corrected chi connectivity index (χ1v) is 12.0. The molecule has 0 unspecified atom stereocenters. The molecular weight excluding hydrogens is 459 g/mol. The van der Waals surface area contributed by atoms with Crippen LogP contribution in [0.25, 0.3) is 16.9 Å². The van der Waals surface area contributed by atoms with Gasteiger partial charge in [0.15, 0.2) is 23.0 Å². The molecule has 0 atom stereocenters. The molecule has 1 amide bonds. The minimum Gasteiger partial charge on any atom is -0.494 e. The number of hydrogen-bond acceptors (Lipinski definition) is 6. The molecule has 1 saturated carbocycles. The number of carbonyl (C=O) groups is 1. The summed E-state index contributed by atoms with van der Waals surface area (Å²) < 4.78 is 21.1. The van der Waals surface area contributed by atoms with Crippen LogP contribution in [0.2, 0.25) is 0 Å². The Kier molecular flexibility index (Phi) is 5.37. The molecule has 2 aromatic heterocycles. The Bertz CT molecular complexity index is 1470. The van der Waals surface area contributed by atoms with Crippen LogP contribution in [0.15, 0.2) is 55.0 Å². The van der Waals surface area contributed by atoms with Crippen molar-refractivity contribution in [3.63, 3.8) is 0 Å². The maximum Gasteiger partial charge on any atom is 0.251 e. The molecule has 3 N–H and O–H groups in total. The summed E-state index contributed by atoms with van der Waals surface area (Å²) in [6.45, 7) is 4.06. The fourth-order valence-electron chi connectivity index (χ4n) is 5.30. The molecule has 184 valence electrons. The molecule has 4 aromatic rings. The minimum absolute atomic E-state index is 0.0315. The van der Waals surface area contributed by atoms with Crippen LogP contribution >= 0.6 is 0 Å². The molecule has 36 heavy (non-hydrogen) atoms. The van der Waals surface area contributed by atoms with Crippen molar-refractivity contribution in [1.29, 1.82) is 0 Å². The fraction of sp³-hybridized carbons (Fsp3) is 0.296. The quantitative estimate of drug-likeness (QED) is 0.380. The summed E-state index contributed by atoms with van der Waals surface area (Å²) in [7, 11) is 1.44. The Labute approximate surface area is 207 Å². The van der Waals surface area contributed by atoms with Gasteiger partial charge >= 0.3 is 0 Å². The van der Waals surface area contributed by atoms with Crippen LogP contribution in [-0.2, 0) is 0 Å². The smallest absolute Gasteiger partial charge is 0.251 e. The van der Waals surface area contributed by atoms with Gasteiger partial charge in [-0.15, -0.1) is 0 Å². The van der Waals surface area contributed by atoms with Gasteiger partial charge in [0.25, 0.3) is 5.91 Å². The molecule has 2 aromatic carbocycles. The number of fused-ring (bicyclic) bond motifs is 1. The first-order chi connectivity index (χ1) is 17.4. The van der Waals surface area contributed by atoms with Crippen LogP contribution in [-0.4, -0.2) is 46.5 Å². The van der Waals surface area contributed by atoms with Crippen LogP contribution in [0, 0.1) is 18.2 Å². The van der Waals surface area contributed by atoms with E-state index in [-0.39, 0.29) is 17.7 Å². The molecule has 8 nitrogen and oxygen atoms in total. The summed E-state index contributed by atoms with van der Waals surface area (Å²) in [5.74, 6) is 0.282. The topological polar surface area (TPSA) is 92.6 Å². The van der Waals surface area contributed by atoms with E-state index in [0.717, 1.165) is 42.9 Å². The lowest BCUT2D eigenvalue weighted by Crippen LogP contribution is -2.65. The third kappa shape index (κ3) is 3.85. The summed E-state index contributed by atoms with van der Waals surface area (Å²) in [6.07, 6.45) is 7.24. The van der Waals surface area contributed by atoms with Crippen molar-refractivity contribution >= 4 is 23.1 Å². The van der Waals surface area contributed by atoms with Crippen LogP contribution < -0.4 is 20.7 Å². The number of hydrogen-bond donors (Lipinski definition) is 3. The average molecular weight is 487 g/mol. The summed E-state index contributed by atoms with van der Waals surface area (Å²) >= 11 is 0. The van der Waals surface area contributed by atoms with Gasteiger partial charge in [-0.25, -0.2) is 14.4 Å². The summed E-state index contributed by atoms with van der Waals surface area (Å²) in [4.78, 5) is 21.8. The van der Waals surface area contributed by atoms with Gasteiger partial charge in [-0.05, 0) is 67.1 Å². The number of anilines is 2. The molecule has 0 radical (unpaired) electrons. The Hall–Kier alpha value is -3.98.